The van der Waals surface area contributed by atoms with Crippen molar-refractivity contribution in [1.29, 1.82) is 0 Å². The average molecular weight is 373 g/mol. The van der Waals surface area contributed by atoms with Crippen LogP contribution >= 0.6 is 11.3 Å². The molecule has 1 aromatic heterocycles. The lowest BCUT2D eigenvalue weighted by atomic mass is 10.1. The fraction of sp³-hybridized carbons (Fsp3) is 0.316. The smallest absolute Gasteiger partial charge is 0.341 e. The van der Waals surface area contributed by atoms with Crippen LogP contribution in [0.5, 0.6) is 0 Å². The first-order valence-corrected chi connectivity index (χ1v) is 9.08. The molecule has 1 N–H and O–H groups in total. The van der Waals surface area contributed by atoms with E-state index in [-0.39, 0.29) is 0 Å². The number of aryl methyl sites for hydroxylation is 2. The average Bonchev–Trinajstić information content (AvgIpc) is 3.20. The molecule has 0 unspecified atom stereocenters. The number of thiophene rings is 1. The molecule has 26 heavy (non-hydrogen) atoms. The molecule has 1 heterocycles. The molecule has 0 saturated heterocycles. The summed E-state index contributed by atoms with van der Waals surface area (Å²) >= 11 is 1.38. The number of rotatable bonds is 5. The van der Waals surface area contributed by atoms with Crippen molar-refractivity contribution < 1.29 is 23.9 Å². The second kappa shape index (κ2) is 7.70. The van der Waals surface area contributed by atoms with Crippen LogP contribution in [0.4, 0.5) is 5.00 Å². The van der Waals surface area contributed by atoms with Gasteiger partial charge in [0.2, 0.25) is 0 Å². The molecule has 1 aliphatic carbocycles. The van der Waals surface area contributed by atoms with E-state index in [1.165, 1.54) is 18.4 Å². The molecule has 1 aromatic carbocycles. The van der Waals surface area contributed by atoms with Gasteiger partial charge in [-0.2, -0.15) is 0 Å². The zero-order valence-corrected chi connectivity index (χ0v) is 15.4. The van der Waals surface area contributed by atoms with Gasteiger partial charge in [0.25, 0.3) is 5.91 Å². The fourth-order valence-electron chi connectivity index (χ4n) is 2.98. The highest BCUT2D eigenvalue weighted by Crippen LogP contribution is 2.39. The molecule has 0 spiro atoms. The van der Waals surface area contributed by atoms with E-state index in [1.807, 2.05) is 6.07 Å². The van der Waals surface area contributed by atoms with Crippen molar-refractivity contribution in [1.82, 2.24) is 0 Å². The lowest BCUT2D eigenvalue weighted by Gasteiger charge is -2.08. The van der Waals surface area contributed by atoms with Crippen molar-refractivity contribution in [2.45, 2.75) is 26.2 Å². The summed E-state index contributed by atoms with van der Waals surface area (Å²) in [6, 6.07) is 7.00. The van der Waals surface area contributed by atoms with Crippen LogP contribution in [0.1, 0.15) is 43.1 Å². The zero-order chi connectivity index (χ0) is 18.7. The van der Waals surface area contributed by atoms with Gasteiger partial charge in [0, 0.05) is 4.88 Å². The molecule has 0 atom stereocenters. The minimum Gasteiger partial charge on any atom is -0.465 e. The Balaban J connectivity index is 1.67. The predicted molar refractivity (Wildman–Crippen MR) is 97.8 cm³/mol. The zero-order valence-electron chi connectivity index (χ0n) is 14.6. The summed E-state index contributed by atoms with van der Waals surface area (Å²) in [4.78, 5) is 37.4. The number of ether oxygens (including phenoxy) is 2. The van der Waals surface area contributed by atoms with Gasteiger partial charge in [-0.3, -0.25) is 4.79 Å². The molecular formula is C19H19NO5S. The Bertz CT molecular complexity index is 871. The SMILES string of the molecule is COC(=O)c1c(NC(=O)COC(=O)c2ccccc2C)sc2c1CCC2. The summed E-state index contributed by atoms with van der Waals surface area (Å²) in [7, 11) is 1.32. The van der Waals surface area contributed by atoms with E-state index in [0.29, 0.717) is 16.1 Å². The number of hydrogen-bond acceptors (Lipinski definition) is 6. The molecule has 2 aromatic rings. The second-order valence-corrected chi connectivity index (χ2v) is 7.10. The highest BCUT2D eigenvalue weighted by Gasteiger charge is 2.28. The molecule has 136 valence electrons. The lowest BCUT2D eigenvalue weighted by Crippen LogP contribution is -2.22. The third-order valence-electron chi connectivity index (χ3n) is 4.26. The number of amides is 1. The molecule has 6 nitrogen and oxygen atoms in total. The Morgan fingerprint density at radius 3 is 2.65 bits per heavy atom. The number of carbonyl (C=O) groups excluding carboxylic acids is 3. The van der Waals surface area contributed by atoms with Gasteiger partial charge >= 0.3 is 11.9 Å². The van der Waals surface area contributed by atoms with Gasteiger partial charge in [0.15, 0.2) is 6.61 Å². The summed E-state index contributed by atoms with van der Waals surface area (Å²) in [5, 5.41) is 3.14. The van der Waals surface area contributed by atoms with Gasteiger partial charge in [0.1, 0.15) is 5.00 Å². The normalized spacial score (nSPS) is 12.4. The third kappa shape index (κ3) is 3.62. The molecule has 0 aliphatic heterocycles. The van der Waals surface area contributed by atoms with E-state index in [9.17, 15) is 14.4 Å². The first-order chi connectivity index (χ1) is 12.5. The Morgan fingerprint density at radius 2 is 1.92 bits per heavy atom. The largest absolute Gasteiger partial charge is 0.465 e. The summed E-state index contributed by atoms with van der Waals surface area (Å²) in [5.74, 6) is -1.51. The van der Waals surface area contributed by atoms with E-state index in [0.717, 1.165) is 35.3 Å². The van der Waals surface area contributed by atoms with E-state index in [2.05, 4.69) is 5.32 Å². The number of benzene rings is 1. The van der Waals surface area contributed by atoms with Crippen molar-refractivity contribution in [3.05, 3.63) is 51.4 Å². The Morgan fingerprint density at radius 1 is 1.15 bits per heavy atom. The van der Waals surface area contributed by atoms with Gasteiger partial charge in [-0.25, -0.2) is 9.59 Å². The number of methoxy groups -OCH3 is 1. The van der Waals surface area contributed by atoms with Crippen LogP contribution < -0.4 is 5.32 Å². The topological polar surface area (TPSA) is 81.7 Å². The monoisotopic (exact) mass is 373 g/mol. The molecule has 0 radical (unpaired) electrons. The minimum atomic E-state index is -0.555. The summed E-state index contributed by atoms with van der Waals surface area (Å²) in [6.07, 6.45) is 2.68. The summed E-state index contributed by atoms with van der Waals surface area (Å²) in [6.45, 7) is 1.38. The minimum absolute atomic E-state index is 0.420. The first-order valence-electron chi connectivity index (χ1n) is 8.26. The van der Waals surface area contributed by atoms with Crippen LogP contribution in [0, 0.1) is 6.92 Å². The van der Waals surface area contributed by atoms with Gasteiger partial charge in [-0.05, 0) is 43.4 Å². The molecule has 7 heteroatoms. The van der Waals surface area contributed by atoms with Crippen molar-refractivity contribution in [3.8, 4) is 0 Å². The van der Waals surface area contributed by atoms with Crippen LogP contribution in [-0.4, -0.2) is 31.6 Å². The standard InChI is InChI=1S/C19H19NO5S/c1-11-6-3-4-7-12(11)18(22)25-10-15(21)20-17-16(19(23)24-2)13-8-5-9-14(13)26-17/h3-4,6-7H,5,8-10H2,1-2H3,(H,20,21). The van der Waals surface area contributed by atoms with Crippen LogP contribution in [0.15, 0.2) is 24.3 Å². The van der Waals surface area contributed by atoms with E-state index in [4.69, 9.17) is 9.47 Å². The lowest BCUT2D eigenvalue weighted by molar-refractivity contribution is -0.119. The van der Waals surface area contributed by atoms with Gasteiger partial charge in [-0.1, -0.05) is 18.2 Å². The van der Waals surface area contributed by atoms with Crippen LogP contribution in [0.2, 0.25) is 0 Å². The van der Waals surface area contributed by atoms with Crippen molar-refractivity contribution in [3.63, 3.8) is 0 Å². The Kier molecular flexibility index (Phi) is 5.37. The number of anilines is 1. The Hall–Kier alpha value is -2.67. The van der Waals surface area contributed by atoms with Crippen LogP contribution in [0.3, 0.4) is 0 Å². The van der Waals surface area contributed by atoms with Crippen molar-refractivity contribution >= 4 is 34.2 Å². The Labute approximate surface area is 155 Å². The predicted octanol–water partition coefficient (Wildman–Crippen LogP) is 3.13. The molecule has 3 rings (SSSR count). The highest BCUT2D eigenvalue weighted by molar-refractivity contribution is 7.17. The van der Waals surface area contributed by atoms with E-state index in [1.54, 1.807) is 25.1 Å². The molecule has 0 fully saturated rings. The molecular weight excluding hydrogens is 354 g/mol. The molecule has 1 aliphatic rings. The van der Waals surface area contributed by atoms with Crippen molar-refractivity contribution in [2.24, 2.45) is 0 Å². The van der Waals surface area contributed by atoms with Crippen LogP contribution in [-0.2, 0) is 27.1 Å². The maximum absolute atomic E-state index is 12.2. The number of fused-ring (bicyclic) bond motifs is 1. The number of nitrogens with one attached hydrogen (secondary N) is 1. The molecule has 1 amide bonds. The maximum Gasteiger partial charge on any atom is 0.341 e. The van der Waals surface area contributed by atoms with E-state index >= 15 is 0 Å². The second-order valence-electron chi connectivity index (χ2n) is 5.99. The van der Waals surface area contributed by atoms with Gasteiger partial charge < -0.3 is 14.8 Å². The number of carbonyl (C=O) groups is 3. The number of hydrogen-bond donors (Lipinski definition) is 1. The summed E-state index contributed by atoms with van der Waals surface area (Å²) in [5.41, 5.74) is 2.57. The number of esters is 2. The summed E-state index contributed by atoms with van der Waals surface area (Å²) < 4.78 is 9.93. The molecule has 0 saturated carbocycles. The highest BCUT2D eigenvalue weighted by atomic mass is 32.1. The quantitative estimate of drug-likeness (QED) is 0.815. The van der Waals surface area contributed by atoms with Gasteiger partial charge in [0.05, 0.1) is 18.2 Å². The van der Waals surface area contributed by atoms with E-state index < -0.39 is 24.5 Å². The van der Waals surface area contributed by atoms with Gasteiger partial charge in [-0.15, -0.1) is 11.3 Å². The third-order valence-corrected chi connectivity index (χ3v) is 5.47. The maximum atomic E-state index is 12.2. The first kappa shape index (κ1) is 18.1. The molecule has 0 bridgehead atoms. The van der Waals surface area contributed by atoms with Crippen molar-refractivity contribution in [2.75, 3.05) is 19.0 Å². The van der Waals surface area contributed by atoms with Crippen LogP contribution in [0.25, 0.3) is 0 Å². The fourth-order valence-corrected chi connectivity index (χ4v) is 4.28.